The molecule has 2 aromatic rings. The molecule has 2 rings (SSSR count). The summed E-state index contributed by atoms with van der Waals surface area (Å²) in [5.74, 6) is -0.0335. The van der Waals surface area contributed by atoms with Crippen LogP contribution < -0.4 is 5.32 Å². The summed E-state index contributed by atoms with van der Waals surface area (Å²) >= 11 is 9.22. The molecule has 5 heteroatoms. The van der Waals surface area contributed by atoms with E-state index in [0.717, 1.165) is 20.7 Å². The van der Waals surface area contributed by atoms with Crippen LogP contribution in [-0.4, -0.2) is 24.4 Å². The van der Waals surface area contributed by atoms with Gasteiger partial charge in [0, 0.05) is 21.7 Å². The van der Waals surface area contributed by atoms with Crippen molar-refractivity contribution in [2.24, 2.45) is 0 Å². The molecule has 0 unspecified atom stereocenters. The minimum atomic E-state index is -0.0335. The number of halogens is 2. The Hall–Kier alpha value is -1.36. The summed E-state index contributed by atoms with van der Waals surface area (Å²) in [6.07, 6.45) is 0. The molecule has 0 radical (unpaired) electrons. The number of carbonyl (C=O) groups excluding carboxylic acids is 1. The first-order chi connectivity index (χ1) is 10.0. The van der Waals surface area contributed by atoms with E-state index in [-0.39, 0.29) is 5.91 Å². The Morgan fingerprint density at radius 1 is 1.14 bits per heavy atom. The van der Waals surface area contributed by atoms with Crippen molar-refractivity contribution in [1.29, 1.82) is 0 Å². The molecule has 0 saturated carbocycles. The first-order valence-corrected chi connectivity index (χ1v) is 7.68. The van der Waals surface area contributed by atoms with Crippen LogP contribution in [0.5, 0.6) is 0 Å². The van der Waals surface area contributed by atoms with Crippen molar-refractivity contribution in [3.8, 4) is 0 Å². The Balaban J connectivity index is 1.84. The van der Waals surface area contributed by atoms with E-state index in [2.05, 4.69) is 21.2 Å². The van der Waals surface area contributed by atoms with Crippen molar-refractivity contribution in [2.45, 2.75) is 6.54 Å². The molecule has 1 N–H and O–H groups in total. The Morgan fingerprint density at radius 2 is 1.76 bits per heavy atom. The predicted octanol–water partition coefficient (Wildman–Crippen LogP) is 4.17. The number of anilines is 1. The summed E-state index contributed by atoms with van der Waals surface area (Å²) in [6, 6.07) is 15.2. The Bertz CT molecular complexity index is 599. The third kappa shape index (κ3) is 5.50. The van der Waals surface area contributed by atoms with E-state index < -0.39 is 0 Å². The average Bonchev–Trinajstić information content (AvgIpc) is 2.44. The van der Waals surface area contributed by atoms with Crippen LogP contribution in [-0.2, 0) is 11.3 Å². The van der Waals surface area contributed by atoms with Gasteiger partial charge in [0.15, 0.2) is 0 Å². The largest absolute Gasteiger partial charge is 0.325 e. The molecule has 0 saturated heterocycles. The molecule has 0 aliphatic heterocycles. The number of nitrogens with one attached hydrogen (secondary N) is 1. The summed E-state index contributed by atoms with van der Waals surface area (Å²) < 4.78 is 0.986. The number of hydrogen-bond donors (Lipinski definition) is 1. The van der Waals surface area contributed by atoms with Crippen molar-refractivity contribution in [3.63, 3.8) is 0 Å². The van der Waals surface area contributed by atoms with Crippen molar-refractivity contribution in [2.75, 3.05) is 18.9 Å². The summed E-state index contributed by atoms with van der Waals surface area (Å²) in [6.45, 7) is 1.03. The van der Waals surface area contributed by atoms with E-state index in [1.807, 2.05) is 60.5 Å². The fourth-order valence-electron chi connectivity index (χ4n) is 1.94. The highest BCUT2D eigenvalue weighted by molar-refractivity contribution is 9.10. The second kappa shape index (κ2) is 7.59. The van der Waals surface area contributed by atoms with Crippen LogP contribution in [0.3, 0.4) is 0 Å². The molecule has 2 aromatic carbocycles. The predicted molar refractivity (Wildman–Crippen MR) is 90.6 cm³/mol. The Morgan fingerprint density at radius 3 is 2.38 bits per heavy atom. The van der Waals surface area contributed by atoms with Gasteiger partial charge in [-0.3, -0.25) is 9.69 Å². The van der Waals surface area contributed by atoms with Gasteiger partial charge in [-0.2, -0.15) is 0 Å². The lowest BCUT2D eigenvalue weighted by Gasteiger charge is -2.16. The zero-order valence-electron chi connectivity index (χ0n) is 11.6. The standard InChI is InChI=1S/C16H16BrClN2O/c1-20(10-12-2-6-14(18)7-3-12)11-16(21)19-15-8-4-13(17)5-9-15/h2-9H,10-11H2,1H3,(H,19,21). The van der Waals surface area contributed by atoms with Crippen molar-refractivity contribution < 1.29 is 4.79 Å². The lowest BCUT2D eigenvalue weighted by atomic mass is 10.2. The van der Waals surface area contributed by atoms with E-state index in [0.29, 0.717) is 13.1 Å². The summed E-state index contributed by atoms with van der Waals surface area (Å²) in [7, 11) is 1.91. The molecule has 0 fully saturated rings. The van der Waals surface area contributed by atoms with Gasteiger partial charge in [0.05, 0.1) is 6.54 Å². The van der Waals surface area contributed by atoms with Crippen molar-refractivity contribution in [3.05, 3.63) is 63.6 Å². The van der Waals surface area contributed by atoms with Gasteiger partial charge in [-0.25, -0.2) is 0 Å². The van der Waals surface area contributed by atoms with Crippen LogP contribution in [0.15, 0.2) is 53.0 Å². The minimum Gasteiger partial charge on any atom is -0.325 e. The number of rotatable bonds is 5. The highest BCUT2D eigenvalue weighted by atomic mass is 79.9. The SMILES string of the molecule is CN(CC(=O)Nc1ccc(Br)cc1)Cc1ccc(Cl)cc1. The maximum absolute atomic E-state index is 12.0. The lowest BCUT2D eigenvalue weighted by Crippen LogP contribution is -2.29. The first kappa shape index (κ1) is 16.0. The second-order valence-corrected chi connectivity index (χ2v) is 6.21. The Kier molecular flexibility index (Phi) is 5.79. The maximum Gasteiger partial charge on any atom is 0.238 e. The van der Waals surface area contributed by atoms with Gasteiger partial charge in [-0.1, -0.05) is 39.7 Å². The molecule has 110 valence electrons. The van der Waals surface area contributed by atoms with Gasteiger partial charge in [0.25, 0.3) is 0 Å². The minimum absolute atomic E-state index is 0.0335. The Labute approximate surface area is 138 Å². The molecular formula is C16H16BrClN2O. The van der Waals surface area contributed by atoms with E-state index in [1.165, 1.54) is 0 Å². The van der Waals surface area contributed by atoms with E-state index >= 15 is 0 Å². The number of nitrogens with zero attached hydrogens (tertiary/aromatic N) is 1. The molecule has 21 heavy (non-hydrogen) atoms. The summed E-state index contributed by atoms with van der Waals surface area (Å²) in [5.41, 5.74) is 1.92. The van der Waals surface area contributed by atoms with Gasteiger partial charge in [-0.05, 0) is 49.0 Å². The lowest BCUT2D eigenvalue weighted by molar-refractivity contribution is -0.117. The van der Waals surface area contributed by atoms with Crippen LogP contribution in [0, 0.1) is 0 Å². The molecule has 0 aliphatic carbocycles. The molecule has 0 bridgehead atoms. The third-order valence-corrected chi connectivity index (χ3v) is 3.69. The number of likely N-dealkylation sites (N-methyl/N-ethyl adjacent to an activating group) is 1. The van der Waals surface area contributed by atoms with E-state index in [1.54, 1.807) is 0 Å². The van der Waals surface area contributed by atoms with Gasteiger partial charge in [-0.15, -0.1) is 0 Å². The smallest absolute Gasteiger partial charge is 0.238 e. The molecule has 0 aliphatic rings. The average molecular weight is 368 g/mol. The zero-order chi connectivity index (χ0) is 15.2. The normalized spacial score (nSPS) is 10.7. The van der Waals surface area contributed by atoms with Crippen molar-refractivity contribution >= 4 is 39.1 Å². The zero-order valence-corrected chi connectivity index (χ0v) is 14.0. The van der Waals surface area contributed by atoms with Gasteiger partial charge >= 0.3 is 0 Å². The van der Waals surface area contributed by atoms with Crippen LogP contribution in [0.4, 0.5) is 5.69 Å². The first-order valence-electron chi connectivity index (χ1n) is 6.51. The number of amides is 1. The molecule has 0 spiro atoms. The molecule has 0 heterocycles. The van der Waals surface area contributed by atoms with Crippen LogP contribution in [0.25, 0.3) is 0 Å². The summed E-state index contributed by atoms with van der Waals surface area (Å²) in [5, 5.41) is 3.59. The van der Waals surface area contributed by atoms with Gasteiger partial charge in [0.1, 0.15) is 0 Å². The number of benzene rings is 2. The number of carbonyl (C=O) groups is 1. The third-order valence-electron chi connectivity index (χ3n) is 2.91. The molecule has 3 nitrogen and oxygen atoms in total. The highest BCUT2D eigenvalue weighted by Gasteiger charge is 2.07. The molecule has 1 amide bonds. The van der Waals surface area contributed by atoms with Gasteiger partial charge in [0.2, 0.25) is 5.91 Å². The summed E-state index contributed by atoms with van der Waals surface area (Å²) in [4.78, 5) is 13.9. The highest BCUT2D eigenvalue weighted by Crippen LogP contribution is 2.14. The van der Waals surface area contributed by atoms with Gasteiger partial charge < -0.3 is 5.32 Å². The molecule has 0 aromatic heterocycles. The van der Waals surface area contributed by atoms with Crippen LogP contribution >= 0.6 is 27.5 Å². The monoisotopic (exact) mass is 366 g/mol. The quantitative estimate of drug-likeness (QED) is 0.860. The molecule has 0 atom stereocenters. The maximum atomic E-state index is 12.0. The van der Waals surface area contributed by atoms with Crippen LogP contribution in [0.2, 0.25) is 5.02 Å². The second-order valence-electron chi connectivity index (χ2n) is 4.85. The van der Waals surface area contributed by atoms with Crippen molar-refractivity contribution in [1.82, 2.24) is 4.90 Å². The fourth-order valence-corrected chi connectivity index (χ4v) is 2.33. The van der Waals surface area contributed by atoms with Crippen LogP contribution in [0.1, 0.15) is 5.56 Å². The molecular weight excluding hydrogens is 352 g/mol. The topological polar surface area (TPSA) is 32.3 Å². The van der Waals surface area contributed by atoms with E-state index in [4.69, 9.17) is 11.6 Å². The fraction of sp³-hybridized carbons (Fsp3) is 0.188. The van der Waals surface area contributed by atoms with E-state index in [9.17, 15) is 4.79 Å². The number of hydrogen-bond acceptors (Lipinski definition) is 2.